The van der Waals surface area contributed by atoms with Crippen molar-refractivity contribution in [3.05, 3.63) is 11.6 Å². The summed E-state index contributed by atoms with van der Waals surface area (Å²) in [6.45, 7) is 14.2. The number of rotatable bonds is 6. The Morgan fingerprint density at radius 2 is 1.75 bits per heavy atom. The van der Waals surface area contributed by atoms with Crippen LogP contribution in [0, 0.1) is 23.7 Å². The number of allylic oxidation sites excluding steroid dienone is 2. The third-order valence-electron chi connectivity index (χ3n) is 4.24. The molecule has 0 saturated carbocycles. The van der Waals surface area contributed by atoms with E-state index in [4.69, 9.17) is 0 Å². The fourth-order valence-corrected chi connectivity index (χ4v) is 2.61. The zero-order chi connectivity index (χ0) is 21.6. The quantitative estimate of drug-likeness (QED) is 0.213. The lowest BCUT2D eigenvalue weighted by Crippen LogP contribution is -2.23. The van der Waals surface area contributed by atoms with Gasteiger partial charge < -0.3 is 9.53 Å². The van der Waals surface area contributed by atoms with E-state index in [1.54, 1.807) is 0 Å². The van der Waals surface area contributed by atoms with Gasteiger partial charge in [0.25, 0.3) is 0 Å². The average molecular weight is 510 g/mol. The predicted octanol–water partition coefficient (Wildman–Crippen LogP) is 5.19. The molecule has 0 aromatic heterocycles. The van der Waals surface area contributed by atoms with Gasteiger partial charge in [0, 0.05) is 12.8 Å². The number of methoxy groups -OCH3 is 1. The molecule has 1 aliphatic carbocycles. The summed E-state index contributed by atoms with van der Waals surface area (Å²) in [5.74, 6) is 2.09. The molecule has 0 saturated heterocycles. The molecule has 164 valence electrons. The van der Waals surface area contributed by atoms with Crippen molar-refractivity contribution in [2.24, 2.45) is 23.7 Å². The lowest BCUT2D eigenvalue weighted by molar-refractivity contribution is -0.143. The molecular weight excluding hydrogens is 471 g/mol. The minimum Gasteiger partial charge on any atom is -0.469 e. The molecule has 0 aromatic carbocycles. The van der Waals surface area contributed by atoms with E-state index in [2.05, 4.69) is 32.4 Å². The van der Waals surface area contributed by atoms with E-state index in [1.807, 2.05) is 19.9 Å². The summed E-state index contributed by atoms with van der Waals surface area (Å²) in [4.78, 5) is 41.2. The molecule has 0 aromatic rings. The highest BCUT2D eigenvalue weighted by molar-refractivity contribution is 14.0. The van der Waals surface area contributed by atoms with Gasteiger partial charge in [-0.3, -0.25) is 14.4 Å². The monoisotopic (exact) mass is 510 g/mol. The Labute approximate surface area is 188 Å². The van der Waals surface area contributed by atoms with E-state index in [1.165, 1.54) is 26.0 Å². The van der Waals surface area contributed by atoms with E-state index in [9.17, 15) is 19.2 Å². The number of aldehydes is 1. The number of ether oxygens (including phenoxy) is 1. The highest BCUT2D eigenvalue weighted by atomic mass is 127. The predicted molar refractivity (Wildman–Crippen MR) is 124 cm³/mol. The minimum atomic E-state index is -0.475. The number of esters is 1. The highest BCUT2D eigenvalue weighted by Crippen LogP contribution is 2.32. The molecule has 0 fully saturated rings. The van der Waals surface area contributed by atoms with Crippen molar-refractivity contribution in [1.29, 1.82) is 0 Å². The second-order valence-corrected chi connectivity index (χ2v) is 7.99. The van der Waals surface area contributed by atoms with Gasteiger partial charge in [0.2, 0.25) is 0 Å². The smallest absolute Gasteiger partial charge is 0.313 e. The van der Waals surface area contributed by atoms with Crippen LogP contribution in [0.2, 0.25) is 0 Å². The maximum absolute atomic E-state index is 11.3. The van der Waals surface area contributed by atoms with Crippen molar-refractivity contribution in [2.75, 3.05) is 7.11 Å². The van der Waals surface area contributed by atoms with Gasteiger partial charge in [0.15, 0.2) is 5.78 Å². The second kappa shape index (κ2) is 18.0. The molecule has 0 spiro atoms. The largest absolute Gasteiger partial charge is 0.469 e. The first-order valence-corrected chi connectivity index (χ1v) is 9.65. The van der Waals surface area contributed by atoms with Crippen molar-refractivity contribution in [3.63, 3.8) is 0 Å². The molecule has 0 bridgehead atoms. The standard InChI is InChI=1S/C12H20O.C5H8O3.C5H10O.HI/c1-8(2)5-11-7-12(13)6-9(3)10(11)4;1-4(6)3-5(7)8-2;1-5(2)3-4-6;/h6,8,10-11H,5,7H2,1-4H3;3H2,1-2H3;4-5H,3H2,1-2H3;1H. The molecule has 1 rings (SSSR count). The maximum atomic E-state index is 11.3. The molecule has 28 heavy (non-hydrogen) atoms. The van der Waals surface area contributed by atoms with Crippen molar-refractivity contribution in [1.82, 2.24) is 0 Å². The van der Waals surface area contributed by atoms with Crippen LogP contribution in [-0.2, 0) is 23.9 Å². The Morgan fingerprint density at radius 3 is 2.04 bits per heavy atom. The van der Waals surface area contributed by atoms with E-state index in [-0.39, 0.29) is 36.2 Å². The fraction of sp³-hybridized carbons (Fsp3) is 0.727. The zero-order valence-electron chi connectivity index (χ0n) is 18.7. The SMILES string of the molecule is CC(C)CC=O.CC1=CC(=O)CC(CC(C)C)C1C.COC(=O)CC(C)=O.I. The van der Waals surface area contributed by atoms with Crippen LogP contribution in [0.3, 0.4) is 0 Å². The number of carbonyl (C=O) groups excluding carboxylic acids is 4. The summed E-state index contributed by atoms with van der Waals surface area (Å²) < 4.78 is 4.20. The number of carbonyl (C=O) groups is 4. The first kappa shape index (κ1) is 31.6. The topological polar surface area (TPSA) is 77.5 Å². The second-order valence-electron chi connectivity index (χ2n) is 7.99. The van der Waals surface area contributed by atoms with Crippen LogP contribution in [0.15, 0.2) is 11.6 Å². The number of halogens is 1. The van der Waals surface area contributed by atoms with E-state index >= 15 is 0 Å². The van der Waals surface area contributed by atoms with Gasteiger partial charge in [-0.05, 0) is 50.0 Å². The van der Waals surface area contributed by atoms with E-state index in [0.717, 1.165) is 12.7 Å². The van der Waals surface area contributed by atoms with Crippen molar-refractivity contribution < 1.29 is 23.9 Å². The minimum absolute atomic E-state index is 0. The summed E-state index contributed by atoms with van der Waals surface area (Å²) in [5.41, 5.74) is 1.27. The van der Waals surface area contributed by atoms with Crippen LogP contribution >= 0.6 is 24.0 Å². The van der Waals surface area contributed by atoms with Crippen molar-refractivity contribution in [2.45, 2.75) is 74.1 Å². The Kier molecular flexibility index (Phi) is 20.3. The summed E-state index contributed by atoms with van der Waals surface area (Å²) in [6.07, 6.45) is 5.29. The van der Waals surface area contributed by atoms with Gasteiger partial charge >= 0.3 is 5.97 Å². The molecule has 0 N–H and O–H groups in total. The van der Waals surface area contributed by atoms with Crippen LogP contribution in [0.4, 0.5) is 0 Å². The van der Waals surface area contributed by atoms with Crippen LogP contribution in [0.25, 0.3) is 0 Å². The molecule has 6 heteroatoms. The maximum Gasteiger partial charge on any atom is 0.313 e. The Hall–Kier alpha value is -1.05. The molecule has 0 radical (unpaired) electrons. The fourth-order valence-electron chi connectivity index (χ4n) is 2.61. The van der Waals surface area contributed by atoms with Gasteiger partial charge in [-0.1, -0.05) is 40.2 Å². The first-order chi connectivity index (χ1) is 12.4. The molecule has 0 heterocycles. The summed E-state index contributed by atoms with van der Waals surface area (Å²) >= 11 is 0. The van der Waals surface area contributed by atoms with Gasteiger partial charge in [0.05, 0.1) is 7.11 Å². The Balaban J connectivity index is -0.000000361. The highest BCUT2D eigenvalue weighted by Gasteiger charge is 2.26. The summed E-state index contributed by atoms with van der Waals surface area (Å²) in [5, 5.41) is 0. The third kappa shape index (κ3) is 18.3. The molecule has 5 nitrogen and oxygen atoms in total. The lowest BCUT2D eigenvalue weighted by atomic mass is 9.76. The van der Waals surface area contributed by atoms with Crippen LogP contribution in [0.1, 0.15) is 74.1 Å². The number of ketones is 2. The van der Waals surface area contributed by atoms with Crippen molar-refractivity contribution in [3.8, 4) is 0 Å². The number of Topliss-reactive ketones (excluding diaryl/α,β-unsaturated/α-hetero) is 1. The van der Waals surface area contributed by atoms with Gasteiger partial charge in [-0.15, -0.1) is 24.0 Å². The molecular formula is C22H39IO5. The number of hydrogen-bond acceptors (Lipinski definition) is 5. The number of hydrogen-bond donors (Lipinski definition) is 0. The van der Waals surface area contributed by atoms with Gasteiger partial charge in [0.1, 0.15) is 18.5 Å². The first-order valence-electron chi connectivity index (χ1n) is 9.65. The van der Waals surface area contributed by atoms with Gasteiger partial charge in [-0.2, -0.15) is 0 Å². The molecule has 1 aliphatic rings. The zero-order valence-corrected chi connectivity index (χ0v) is 21.1. The Bertz CT molecular complexity index is 509. The van der Waals surface area contributed by atoms with Gasteiger partial charge in [-0.25, -0.2) is 0 Å². The van der Waals surface area contributed by atoms with Crippen LogP contribution in [-0.4, -0.2) is 30.9 Å². The average Bonchev–Trinajstić information content (AvgIpc) is 2.52. The Morgan fingerprint density at radius 1 is 1.21 bits per heavy atom. The summed E-state index contributed by atoms with van der Waals surface area (Å²) in [7, 11) is 1.26. The normalized spacial score (nSPS) is 17.9. The molecule has 0 amide bonds. The summed E-state index contributed by atoms with van der Waals surface area (Å²) in [6, 6.07) is 0. The van der Waals surface area contributed by atoms with Crippen LogP contribution < -0.4 is 0 Å². The molecule has 0 aliphatic heterocycles. The molecule has 2 unspecified atom stereocenters. The van der Waals surface area contributed by atoms with E-state index < -0.39 is 5.97 Å². The van der Waals surface area contributed by atoms with Crippen LogP contribution in [0.5, 0.6) is 0 Å². The third-order valence-corrected chi connectivity index (χ3v) is 4.24. The molecule has 2 atom stereocenters. The van der Waals surface area contributed by atoms with E-state index in [0.29, 0.717) is 35.9 Å². The van der Waals surface area contributed by atoms with Crippen molar-refractivity contribution >= 4 is 47.8 Å². The lowest BCUT2D eigenvalue weighted by Gasteiger charge is -2.28.